The zero-order valence-corrected chi connectivity index (χ0v) is 14.9. The molecule has 0 bridgehead atoms. The number of allylic oxidation sites excluding steroid dienone is 4. The zero-order chi connectivity index (χ0) is 18.3. The number of rotatable bonds is 0. The van der Waals surface area contributed by atoms with Crippen molar-refractivity contribution in [2.45, 2.75) is 6.04 Å². The molecule has 0 saturated carbocycles. The Morgan fingerprint density at radius 2 is 1.92 bits per heavy atom. The van der Waals surface area contributed by atoms with E-state index in [0.29, 0.717) is 0 Å². The number of nitrogens with zero attached hydrogens (tertiary/aromatic N) is 2. The van der Waals surface area contributed by atoms with Gasteiger partial charge in [-0.05, 0) is 11.6 Å². The molecule has 133 valence electrons. The van der Waals surface area contributed by atoms with E-state index in [1.54, 1.807) is 0 Å². The van der Waals surface area contributed by atoms with Gasteiger partial charge in [0.1, 0.15) is 0 Å². The van der Waals surface area contributed by atoms with Crippen LogP contribution in [0.1, 0.15) is 0 Å². The Hall–Kier alpha value is -1.11. The minimum atomic E-state index is -4.67. The Kier molecular flexibility index (Phi) is 8.20. The standard InChI is InChI=1S/C12H10ClN2.H2O4S.2H2O.O.V/c13-10-7-8-3-1-5-14-11(8)12-9(10)4-2-6-15-12;1-5(2,3)4;;;;/h1-5,7-8,11H,6H2;(H2,1,2,3,4);2*1H2;;/q-1;;;;;+2/p-2. The van der Waals surface area contributed by atoms with Crippen LogP contribution in [-0.2, 0) is 29.9 Å². The Morgan fingerprint density at radius 1 is 1.33 bits per heavy atom. The van der Waals surface area contributed by atoms with Crippen molar-refractivity contribution in [1.82, 2.24) is 0 Å². The molecule has 0 radical (unpaired) electrons. The first-order valence-electron chi connectivity index (χ1n) is 6.30. The third-order valence-corrected chi connectivity index (χ3v) is 3.16. The summed E-state index contributed by atoms with van der Waals surface area (Å²) in [6, 6.07) is 0.137. The first-order valence-corrected chi connectivity index (χ1v) is 9.89. The van der Waals surface area contributed by atoms with Gasteiger partial charge in [-0.2, -0.15) is 8.42 Å². The van der Waals surface area contributed by atoms with E-state index in [9.17, 15) is 0 Å². The molecule has 3 rings (SSSR count). The van der Waals surface area contributed by atoms with Gasteiger partial charge < -0.3 is 5.32 Å². The summed E-state index contributed by atoms with van der Waals surface area (Å²) in [6.07, 6.45) is 12.1. The number of fused-ring (bicyclic) bond motifs is 2. The van der Waals surface area contributed by atoms with E-state index in [4.69, 9.17) is 40.9 Å². The average molecular weight is 417 g/mol. The summed E-state index contributed by atoms with van der Waals surface area (Å²) in [6.45, 7) is 0.742. The molecule has 1 aliphatic carbocycles. The van der Waals surface area contributed by atoms with Gasteiger partial charge in [-0.15, -0.1) is 18.3 Å². The Balaban J connectivity index is 0.000000270. The molecule has 12 heteroatoms. The fraction of sp³-hybridized carbons (Fsp3) is 0.250. The summed E-state index contributed by atoms with van der Waals surface area (Å²) in [4.78, 5) is 4.47. The predicted octanol–water partition coefficient (Wildman–Crippen LogP) is 1.06. The van der Waals surface area contributed by atoms with Gasteiger partial charge in [-0.1, -0.05) is 29.8 Å². The molecular formula is C12H14ClN2O7SV-. The summed E-state index contributed by atoms with van der Waals surface area (Å²) in [5, 5.41) is 5.30. The third kappa shape index (κ3) is 7.64. The minimum absolute atomic E-state index is 0.137. The zero-order valence-electron chi connectivity index (χ0n) is 12.0. The topological polar surface area (TPSA) is 159 Å². The summed E-state index contributed by atoms with van der Waals surface area (Å²) in [5.41, 5.74) is 2.08. The van der Waals surface area contributed by atoms with Crippen molar-refractivity contribution in [3.63, 3.8) is 0 Å². The molecule has 0 aromatic heterocycles. The van der Waals surface area contributed by atoms with Crippen LogP contribution in [0.3, 0.4) is 0 Å². The van der Waals surface area contributed by atoms with Crippen LogP contribution in [0.4, 0.5) is 0 Å². The fourth-order valence-electron chi connectivity index (χ4n) is 2.13. The number of hydrogen-bond donors (Lipinski definition) is 4. The summed E-state index contributed by atoms with van der Waals surface area (Å²) in [5.74, 6) is 0.275. The van der Waals surface area contributed by atoms with Crippen LogP contribution >= 0.6 is 11.6 Å². The molecule has 2 atom stereocenters. The second kappa shape index (κ2) is 9.40. The Morgan fingerprint density at radius 3 is 2.50 bits per heavy atom. The van der Waals surface area contributed by atoms with Gasteiger partial charge in [0.15, 0.2) is 0 Å². The quantitative estimate of drug-likeness (QED) is 0.429. The molecule has 0 aromatic carbocycles. The van der Waals surface area contributed by atoms with Crippen LogP contribution in [0.25, 0.3) is 5.32 Å². The summed E-state index contributed by atoms with van der Waals surface area (Å²) < 4.78 is 54.8. The van der Waals surface area contributed by atoms with Gasteiger partial charge >= 0.3 is 37.9 Å². The fourth-order valence-corrected chi connectivity index (χ4v) is 2.44. The molecule has 2 heterocycles. The van der Waals surface area contributed by atoms with Gasteiger partial charge in [0, 0.05) is 17.2 Å². The number of dihydropyridines is 1. The maximum atomic E-state index is 8.78. The average Bonchev–Trinajstić information content (AvgIpc) is 2.45. The van der Waals surface area contributed by atoms with Crippen LogP contribution < -0.4 is 0 Å². The van der Waals surface area contributed by atoms with E-state index in [1.165, 1.54) is 0 Å². The molecule has 4 N–H and O–H groups in total. The molecule has 0 aromatic rings. The Bertz CT molecular complexity index is 731. The molecule has 2 unspecified atom stereocenters. The van der Waals surface area contributed by atoms with Gasteiger partial charge in [0.05, 0.1) is 6.04 Å². The predicted molar refractivity (Wildman–Crippen MR) is 82.5 cm³/mol. The normalized spacial score (nSPS) is 23.5. The van der Waals surface area contributed by atoms with Crippen LogP contribution in [0.5, 0.6) is 0 Å². The molecule has 2 aliphatic heterocycles. The first kappa shape index (κ1) is 20.9. The van der Waals surface area contributed by atoms with Crippen LogP contribution in [0.2, 0.25) is 0 Å². The first-order chi connectivity index (χ1) is 11.1. The van der Waals surface area contributed by atoms with Crippen LogP contribution in [-0.4, -0.2) is 44.4 Å². The van der Waals surface area contributed by atoms with E-state index in [0.717, 1.165) is 22.8 Å². The monoisotopic (exact) mass is 416 g/mol. The van der Waals surface area contributed by atoms with Gasteiger partial charge in [0.2, 0.25) is 0 Å². The molecule has 0 fully saturated rings. The van der Waals surface area contributed by atoms with Crippen LogP contribution in [0, 0.1) is 5.92 Å². The summed E-state index contributed by atoms with van der Waals surface area (Å²) in [7, 11) is -4.67. The van der Waals surface area contributed by atoms with Crippen LogP contribution in [0.15, 0.2) is 51.7 Å². The number of aliphatic imine (C=N–C) groups is 1. The SMILES string of the molecule is ClC1=CC2C=CC=NC2C2=C1C=CC[N-]2.O=S(=O)(O)O.[O]=[V]([OH])[OH]. The molecule has 9 nitrogen and oxygen atoms in total. The molecule has 3 aliphatic rings. The molecule has 0 spiro atoms. The summed E-state index contributed by atoms with van der Waals surface area (Å²) >= 11 is 2.78. The van der Waals surface area contributed by atoms with Crippen molar-refractivity contribution in [1.29, 1.82) is 0 Å². The second-order valence-electron chi connectivity index (χ2n) is 4.46. The Labute approximate surface area is 148 Å². The second-order valence-corrected chi connectivity index (χ2v) is 6.55. The van der Waals surface area contributed by atoms with Crippen molar-refractivity contribution in [3.05, 3.63) is 52.0 Å². The van der Waals surface area contributed by atoms with E-state index in [1.807, 2.05) is 24.4 Å². The number of hydrogen-bond acceptors (Lipinski definition) is 4. The van der Waals surface area contributed by atoms with Crippen molar-refractivity contribution in [2.24, 2.45) is 10.9 Å². The number of halogens is 1. The maximum absolute atomic E-state index is 8.78. The van der Waals surface area contributed by atoms with Gasteiger partial charge in [-0.25, -0.2) is 0 Å². The van der Waals surface area contributed by atoms with E-state index in [-0.39, 0.29) is 12.0 Å². The molecule has 0 saturated heterocycles. The van der Waals surface area contributed by atoms with E-state index in [2.05, 4.69) is 22.5 Å². The third-order valence-electron chi connectivity index (χ3n) is 2.83. The van der Waals surface area contributed by atoms with Gasteiger partial charge in [-0.3, -0.25) is 14.1 Å². The molecule has 24 heavy (non-hydrogen) atoms. The van der Waals surface area contributed by atoms with E-state index < -0.39 is 26.2 Å². The molecular weight excluding hydrogens is 403 g/mol. The van der Waals surface area contributed by atoms with Crippen molar-refractivity contribution >= 4 is 28.2 Å². The van der Waals surface area contributed by atoms with Crippen molar-refractivity contribution in [3.8, 4) is 0 Å². The van der Waals surface area contributed by atoms with Crippen molar-refractivity contribution < 1.29 is 45.1 Å². The van der Waals surface area contributed by atoms with Gasteiger partial charge in [0.25, 0.3) is 0 Å². The molecule has 0 amide bonds. The van der Waals surface area contributed by atoms with E-state index >= 15 is 0 Å². The van der Waals surface area contributed by atoms with Crippen molar-refractivity contribution in [2.75, 3.05) is 6.54 Å².